The molecule has 2 aliphatic carbocycles. The number of ketones is 1. The standard InChI is InChI=1S/C34H42N2O4S/c1-19-16-20(2)26(27(37)17-19)18-36-15-14-25-29(33(36)38)22(4)31-32(30(25)28-13-8-21(3)41-28)40-34(5,39-31)23-9-11-24(12-10-23)35(6)7/h8,13,16,23-24H,9-12,14-15,17-18H2,1-7H3/t23?,24?,34-/m1/s1. The van der Waals surface area contributed by atoms with Crippen LogP contribution in [0.4, 0.5) is 0 Å². The Labute approximate surface area is 248 Å². The topological polar surface area (TPSA) is 59.1 Å². The summed E-state index contributed by atoms with van der Waals surface area (Å²) in [6.45, 7) is 11.1. The van der Waals surface area contributed by atoms with Crippen molar-refractivity contribution in [3.63, 3.8) is 0 Å². The average Bonchev–Trinajstić information content (AvgIpc) is 3.51. The van der Waals surface area contributed by atoms with Gasteiger partial charge >= 0.3 is 0 Å². The molecule has 2 aliphatic heterocycles. The molecular formula is C34H42N2O4S. The predicted octanol–water partition coefficient (Wildman–Crippen LogP) is 6.87. The molecule has 0 N–H and O–H groups in total. The van der Waals surface area contributed by atoms with E-state index in [2.05, 4.69) is 51.1 Å². The van der Waals surface area contributed by atoms with Crippen LogP contribution in [0.2, 0.25) is 0 Å². The van der Waals surface area contributed by atoms with Gasteiger partial charge in [-0.05, 0) is 97.2 Å². The number of ether oxygens (including phenoxy) is 2. The summed E-state index contributed by atoms with van der Waals surface area (Å²) in [7, 11) is 4.32. The lowest BCUT2D eigenvalue weighted by Gasteiger charge is -2.39. The van der Waals surface area contributed by atoms with Crippen molar-refractivity contribution in [3.05, 3.63) is 56.5 Å². The molecule has 218 valence electrons. The molecule has 3 heterocycles. The maximum Gasteiger partial charge on any atom is 0.254 e. The zero-order valence-corrected chi connectivity index (χ0v) is 26.3. The van der Waals surface area contributed by atoms with Crippen LogP contribution in [0.15, 0.2) is 34.9 Å². The van der Waals surface area contributed by atoms with Crippen molar-refractivity contribution in [2.75, 3.05) is 27.2 Å². The van der Waals surface area contributed by atoms with Crippen molar-refractivity contribution >= 4 is 23.0 Å². The zero-order chi connectivity index (χ0) is 29.2. The number of hydrogen-bond donors (Lipinski definition) is 0. The van der Waals surface area contributed by atoms with Gasteiger partial charge < -0.3 is 19.3 Å². The Hall–Kier alpha value is -2.90. The van der Waals surface area contributed by atoms with E-state index in [0.717, 1.165) is 69.7 Å². The first-order valence-electron chi connectivity index (χ1n) is 15.0. The Balaban J connectivity index is 1.39. The van der Waals surface area contributed by atoms with E-state index in [1.165, 1.54) is 4.88 Å². The van der Waals surface area contributed by atoms with Crippen molar-refractivity contribution in [2.45, 2.75) is 85.0 Å². The number of allylic oxidation sites excluding steroid dienone is 3. The number of Topliss-reactive ketones (excluding diaryl/α,β-unsaturated/α-hetero) is 1. The molecule has 0 saturated heterocycles. The third-order valence-corrected chi connectivity index (χ3v) is 10.7. The number of benzene rings is 1. The minimum Gasteiger partial charge on any atom is -0.448 e. The first kappa shape index (κ1) is 28.2. The predicted molar refractivity (Wildman–Crippen MR) is 164 cm³/mol. The zero-order valence-electron chi connectivity index (χ0n) is 25.5. The Morgan fingerprint density at radius 1 is 1.00 bits per heavy atom. The molecule has 0 unspecified atom stereocenters. The van der Waals surface area contributed by atoms with Crippen LogP contribution >= 0.6 is 11.3 Å². The van der Waals surface area contributed by atoms with Crippen molar-refractivity contribution in [1.29, 1.82) is 0 Å². The molecule has 6 rings (SSSR count). The summed E-state index contributed by atoms with van der Waals surface area (Å²) in [5, 5.41) is 0. The first-order chi connectivity index (χ1) is 19.5. The van der Waals surface area contributed by atoms with E-state index in [-0.39, 0.29) is 17.6 Å². The van der Waals surface area contributed by atoms with E-state index < -0.39 is 5.79 Å². The molecule has 7 heteroatoms. The lowest BCUT2D eigenvalue weighted by Crippen LogP contribution is -2.46. The van der Waals surface area contributed by atoms with Gasteiger partial charge in [-0.2, -0.15) is 0 Å². The summed E-state index contributed by atoms with van der Waals surface area (Å²) in [4.78, 5) is 33.6. The summed E-state index contributed by atoms with van der Waals surface area (Å²) in [5.74, 6) is 1.11. The minimum atomic E-state index is -0.765. The van der Waals surface area contributed by atoms with Crippen LogP contribution in [0, 0.1) is 19.8 Å². The van der Waals surface area contributed by atoms with E-state index >= 15 is 0 Å². The highest BCUT2D eigenvalue weighted by Crippen LogP contribution is 2.56. The molecule has 4 aliphatic rings. The van der Waals surface area contributed by atoms with E-state index in [0.29, 0.717) is 43.3 Å². The average molecular weight is 575 g/mol. The highest BCUT2D eigenvalue weighted by atomic mass is 32.1. The summed E-state index contributed by atoms with van der Waals surface area (Å²) < 4.78 is 13.7. The smallest absolute Gasteiger partial charge is 0.254 e. The van der Waals surface area contributed by atoms with Gasteiger partial charge in [0.05, 0.1) is 5.56 Å². The van der Waals surface area contributed by atoms with Gasteiger partial charge in [0.1, 0.15) is 0 Å². The fourth-order valence-corrected chi connectivity index (χ4v) is 8.27. The number of hydrogen-bond acceptors (Lipinski definition) is 6. The maximum absolute atomic E-state index is 14.2. The van der Waals surface area contributed by atoms with Crippen LogP contribution < -0.4 is 9.47 Å². The van der Waals surface area contributed by atoms with Crippen LogP contribution in [0.1, 0.15) is 79.2 Å². The van der Waals surface area contributed by atoms with Gasteiger partial charge in [-0.1, -0.05) is 11.6 Å². The second-order valence-corrected chi connectivity index (χ2v) is 14.1. The fourth-order valence-electron chi connectivity index (χ4n) is 7.33. The van der Waals surface area contributed by atoms with Crippen LogP contribution in [-0.2, 0) is 11.2 Å². The molecular weight excluding hydrogens is 532 g/mol. The quantitative estimate of drug-likeness (QED) is 0.390. The van der Waals surface area contributed by atoms with Crippen molar-refractivity contribution < 1.29 is 19.1 Å². The molecule has 1 atom stereocenters. The van der Waals surface area contributed by atoms with Crippen molar-refractivity contribution in [2.24, 2.45) is 5.92 Å². The number of fused-ring (bicyclic) bond motifs is 2. The lowest BCUT2D eigenvalue weighted by molar-refractivity contribution is -0.123. The van der Waals surface area contributed by atoms with E-state index in [1.54, 1.807) is 11.3 Å². The van der Waals surface area contributed by atoms with Gasteiger partial charge in [-0.25, -0.2) is 0 Å². The van der Waals surface area contributed by atoms with E-state index in [4.69, 9.17) is 9.47 Å². The normalized spacial score (nSPS) is 26.1. The van der Waals surface area contributed by atoms with Crippen LogP contribution in [0.3, 0.4) is 0 Å². The van der Waals surface area contributed by atoms with Crippen LogP contribution in [0.25, 0.3) is 10.4 Å². The number of rotatable bonds is 5. The van der Waals surface area contributed by atoms with E-state index in [1.807, 2.05) is 25.7 Å². The van der Waals surface area contributed by atoms with Crippen LogP contribution in [-0.4, -0.2) is 60.5 Å². The molecule has 41 heavy (non-hydrogen) atoms. The van der Waals surface area contributed by atoms with Crippen LogP contribution in [0.5, 0.6) is 11.5 Å². The summed E-state index contributed by atoms with van der Waals surface area (Å²) in [5.41, 5.74) is 6.42. The third kappa shape index (κ3) is 4.85. The number of amides is 1. The molecule has 0 bridgehead atoms. The van der Waals surface area contributed by atoms with Crippen molar-refractivity contribution in [3.8, 4) is 21.9 Å². The molecule has 2 aromatic rings. The Bertz CT molecular complexity index is 1490. The number of aryl methyl sites for hydroxylation is 1. The highest BCUT2D eigenvalue weighted by molar-refractivity contribution is 7.15. The number of thiophene rings is 1. The third-order valence-electron chi connectivity index (χ3n) is 9.71. The molecule has 1 aromatic heterocycles. The molecule has 0 radical (unpaired) electrons. The molecule has 6 nitrogen and oxygen atoms in total. The minimum absolute atomic E-state index is 0.0239. The monoisotopic (exact) mass is 574 g/mol. The Kier molecular flexibility index (Phi) is 7.18. The van der Waals surface area contributed by atoms with Gasteiger partial charge in [0.25, 0.3) is 11.7 Å². The summed E-state index contributed by atoms with van der Waals surface area (Å²) in [6.07, 6.45) is 7.56. The molecule has 1 fully saturated rings. The number of carbonyl (C=O) groups is 2. The molecule has 1 amide bonds. The van der Waals surface area contributed by atoms with Gasteiger partial charge in [0.15, 0.2) is 17.3 Å². The van der Waals surface area contributed by atoms with Gasteiger partial charge in [-0.3, -0.25) is 9.59 Å². The first-order valence-corrected chi connectivity index (χ1v) is 15.8. The summed E-state index contributed by atoms with van der Waals surface area (Å²) >= 11 is 1.73. The highest BCUT2D eigenvalue weighted by Gasteiger charge is 2.49. The largest absolute Gasteiger partial charge is 0.448 e. The molecule has 1 aromatic carbocycles. The fraction of sp³-hybridized carbons (Fsp3) is 0.529. The summed E-state index contributed by atoms with van der Waals surface area (Å²) in [6, 6.07) is 4.87. The Morgan fingerprint density at radius 2 is 1.71 bits per heavy atom. The van der Waals surface area contributed by atoms with Crippen molar-refractivity contribution in [1.82, 2.24) is 9.80 Å². The lowest BCUT2D eigenvalue weighted by atomic mass is 9.81. The molecule has 1 saturated carbocycles. The second-order valence-electron chi connectivity index (χ2n) is 12.8. The maximum atomic E-state index is 14.2. The van der Waals surface area contributed by atoms with Gasteiger partial charge in [0, 0.05) is 64.8 Å². The van der Waals surface area contributed by atoms with Gasteiger partial charge in [-0.15, -0.1) is 11.3 Å². The Morgan fingerprint density at radius 3 is 2.34 bits per heavy atom. The van der Waals surface area contributed by atoms with E-state index in [9.17, 15) is 9.59 Å². The molecule has 0 spiro atoms. The number of carbonyl (C=O) groups excluding carboxylic acids is 2. The van der Waals surface area contributed by atoms with Gasteiger partial charge in [0.2, 0.25) is 0 Å². The number of nitrogens with zero attached hydrogens (tertiary/aromatic N) is 2. The SMILES string of the molecule is CC1=CC(C)=C(CN2CCc3c(c(C)c4c(c3-c3ccc(C)s3)O[C@](C)(C3CCC(N(C)C)CC3)O4)C2=O)C(=O)C1. The second kappa shape index (κ2) is 10.4.